The number of hydrogen-bond donors (Lipinski definition) is 2. The van der Waals surface area contributed by atoms with E-state index in [1.807, 2.05) is 13.0 Å². The van der Waals surface area contributed by atoms with Crippen LogP contribution in [0.5, 0.6) is 0 Å². The van der Waals surface area contributed by atoms with Crippen LogP contribution < -0.4 is 5.32 Å². The van der Waals surface area contributed by atoms with Crippen molar-refractivity contribution in [3.63, 3.8) is 0 Å². The van der Waals surface area contributed by atoms with Crippen LogP contribution in [0.25, 0.3) is 0 Å². The predicted octanol–water partition coefficient (Wildman–Crippen LogP) is 3.16. The summed E-state index contributed by atoms with van der Waals surface area (Å²) in [6.45, 7) is 2.99. The number of benzene rings is 2. The van der Waals surface area contributed by atoms with Gasteiger partial charge in [-0.3, -0.25) is 4.79 Å². The summed E-state index contributed by atoms with van der Waals surface area (Å²) in [5.41, 5.74) is -1.33. The van der Waals surface area contributed by atoms with Crippen molar-refractivity contribution in [1.82, 2.24) is 9.21 Å². The molecule has 0 aromatic heterocycles. The van der Waals surface area contributed by atoms with Gasteiger partial charge in [-0.25, -0.2) is 12.8 Å². The summed E-state index contributed by atoms with van der Waals surface area (Å²) in [4.78, 5) is 14.8. The zero-order valence-electron chi connectivity index (χ0n) is 20.1. The van der Waals surface area contributed by atoms with Crippen LogP contribution in [0.4, 0.5) is 10.1 Å². The first-order valence-corrected chi connectivity index (χ1v) is 13.1. The second-order valence-corrected chi connectivity index (χ2v) is 9.84. The van der Waals surface area contributed by atoms with Gasteiger partial charge >= 0.3 is 0 Å². The van der Waals surface area contributed by atoms with Crippen LogP contribution in [-0.2, 0) is 24.3 Å². The van der Waals surface area contributed by atoms with Crippen molar-refractivity contribution < 1.29 is 27.1 Å². The van der Waals surface area contributed by atoms with E-state index < -0.39 is 21.4 Å². The third kappa shape index (κ3) is 6.90. The number of hydrogen-bond acceptors (Lipinski definition) is 7. The zero-order chi connectivity index (χ0) is 26.0. The molecule has 2 aromatic carbocycles. The zero-order valence-corrected chi connectivity index (χ0v) is 20.9. The van der Waals surface area contributed by atoms with Gasteiger partial charge in [0, 0.05) is 50.3 Å². The molecular weight excluding hydrogens is 487 g/mol. The molecule has 0 spiro atoms. The highest BCUT2D eigenvalue weighted by atomic mass is 32.2. The van der Waals surface area contributed by atoms with E-state index in [1.165, 1.54) is 12.1 Å². The molecule has 9 nitrogen and oxygen atoms in total. The van der Waals surface area contributed by atoms with E-state index in [0.29, 0.717) is 12.3 Å². The molecule has 0 bridgehead atoms. The van der Waals surface area contributed by atoms with Gasteiger partial charge < -0.3 is 25.1 Å². The SMILES string of the molecule is CCOCCO/C(C(=O)Nc1ccccc1)=C(/C=N)N1CCN(S(=O)(=O)C(F)c2ccccc2)CC1. The molecular formula is C25H31FN4O5S. The number of nitrogens with zero attached hydrogens (tertiary/aromatic N) is 2. The van der Waals surface area contributed by atoms with Crippen LogP contribution in [-0.4, -0.2) is 75.7 Å². The first-order valence-electron chi connectivity index (χ1n) is 11.6. The Morgan fingerprint density at radius 3 is 2.25 bits per heavy atom. The molecule has 2 N–H and O–H groups in total. The molecule has 0 aliphatic carbocycles. The molecule has 1 heterocycles. The number of carbonyl (C=O) groups is 1. The van der Waals surface area contributed by atoms with E-state index in [-0.39, 0.29) is 56.4 Å². The van der Waals surface area contributed by atoms with E-state index in [2.05, 4.69) is 5.32 Å². The Morgan fingerprint density at radius 2 is 1.67 bits per heavy atom. The minimum absolute atomic E-state index is 0.000539. The minimum atomic E-state index is -4.23. The third-order valence-corrected chi connectivity index (χ3v) is 7.43. The lowest BCUT2D eigenvalue weighted by atomic mass is 10.2. The lowest BCUT2D eigenvalue weighted by Gasteiger charge is -2.36. The van der Waals surface area contributed by atoms with Gasteiger partial charge in [-0.2, -0.15) is 4.31 Å². The first kappa shape index (κ1) is 27.3. The Morgan fingerprint density at radius 1 is 1.06 bits per heavy atom. The van der Waals surface area contributed by atoms with Crippen LogP contribution in [0.2, 0.25) is 0 Å². The average molecular weight is 519 g/mol. The normalized spacial score (nSPS) is 16.1. The van der Waals surface area contributed by atoms with Crippen molar-refractivity contribution in [2.45, 2.75) is 12.4 Å². The lowest BCUT2D eigenvalue weighted by molar-refractivity contribution is -0.116. The highest BCUT2D eigenvalue weighted by Crippen LogP contribution is 2.28. The summed E-state index contributed by atoms with van der Waals surface area (Å²) in [5.74, 6) is -0.614. The molecule has 1 fully saturated rings. The number of carbonyl (C=O) groups excluding carboxylic acids is 1. The predicted molar refractivity (Wildman–Crippen MR) is 136 cm³/mol. The van der Waals surface area contributed by atoms with E-state index >= 15 is 0 Å². The average Bonchev–Trinajstić information content (AvgIpc) is 2.91. The minimum Gasteiger partial charge on any atom is -0.484 e. The van der Waals surface area contributed by atoms with E-state index in [1.54, 1.807) is 47.4 Å². The Kier molecular flexibility index (Phi) is 9.97. The van der Waals surface area contributed by atoms with Gasteiger partial charge in [-0.05, 0) is 19.1 Å². The quantitative estimate of drug-likeness (QED) is 0.193. The van der Waals surface area contributed by atoms with Crippen molar-refractivity contribution in [1.29, 1.82) is 5.41 Å². The van der Waals surface area contributed by atoms with Gasteiger partial charge in [0.25, 0.3) is 15.9 Å². The third-order valence-electron chi connectivity index (χ3n) is 5.55. The molecule has 1 saturated heterocycles. The van der Waals surface area contributed by atoms with E-state index in [4.69, 9.17) is 14.9 Å². The van der Waals surface area contributed by atoms with E-state index in [0.717, 1.165) is 10.5 Å². The summed E-state index contributed by atoms with van der Waals surface area (Å²) >= 11 is 0. The molecule has 194 valence electrons. The number of anilines is 1. The van der Waals surface area contributed by atoms with Gasteiger partial charge in [0.2, 0.25) is 11.3 Å². The first-order chi connectivity index (χ1) is 17.4. The number of amides is 1. The van der Waals surface area contributed by atoms with Gasteiger partial charge in [-0.1, -0.05) is 48.5 Å². The molecule has 1 amide bonds. The Bertz CT molecular complexity index is 1140. The van der Waals surface area contributed by atoms with Gasteiger partial charge in [0.05, 0.1) is 6.61 Å². The maximum absolute atomic E-state index is 14.9. The summed E-state index contributed by atoms with van der Waals surface area (Å²) in [6, 6.07) is 16.6. The van der Waals surface area contributed by atoms with Crippen molar-refractivity contribution in [3.05, 3.63) is 77.7 Å². The second-order valence-electron chi connectivity index (χ2n) is 7.88. The van der Waals surface area contributed by atoms with Crippen LogP contribution in [0.1, 0.15) is 18.0 Å². The molecule has 3 rings (SSSR count). The summed E-state index contributed by atoms with van der Waals surface area (Å²) in [7, 11) is -4.23. The van der Waals surface area contributed by atoms with Crippen LogP contribution in [0.15, 0.2) is 72.1 Å². The standard InChI is InChI=1S/C25H31FN4O5S/c1-2-34-17-18-35-23(25(31)28-21-11-7-4-8-12-21)22(19-27)29-13-15-30(16-14-29)36(32,33)24(26)20-9-5-3-6-10-20/h3-12,19,24,27H,2,13-18H2,1H3,(H,28,31)/b23-22-,27-19?. The molecule has 36 heavy (non-hydrogen) atoms. The van der Waals surface area contributed by atoms with Gasteiger partial charge in [-0.15, -0.1) is 0 Å². The largest absolute Gasteiger partial charge is 0.484 e. The monoisotopic (exact) mass is 518 g/mol. The Hall–Kier alpha value is -3.28. The molecule has 1 aliphatic rings. The van der Waals surface area contributed by atoms with E-state index in [9.17, 15) is 17.6 Å². The second kappa shape index (κ2) is 13.1. The lowest BCUT2D eigenvalue weighted by Crippen LogP contribution is -2.49. The van der Waals surface area contributed by atoms with Crippen LogP contribution in [0, 0.1) is 5.41 Å². The number of allylic oxidation sites excluding steroid dienone is 1. The van der Waals surface area contributed by atoms with Crippen LogP contribution >= 0.6 is 0 Å². The summed E-state index contributed by atoms with van der Waals surface area (Å²) in [6.07, 6.45) is 1.01. The highest BCUT2D eigenvalue weighted by molar-refractivity contribution is 7.89. The van der Waals surface area contributed by atoms with Gasteiger partial charge in [0.15, 0.2) is 0 Å². The maximum atomic E-state index is 14.9. The Balaban J connectivity index is 1.76. The van der Waals surface area contributed by atoms with Crippen LogP contribution in [0.3, 0.4) is 0 Å². The molecule has 0 saturated carbocycles. The number of sulfonamides is 1. The smallest absolute Gasteiger partial charge is 0.293 e. The number of para-hydroxylation sites is 1. The molecule has 1 atom stereocenters. The number of ether oxygens (including phenoxy) is 2. The summed E-state index contributed by atoms with van der Waals surface area (Å²) < 4.78 is 52.7. The van der Waals surface area contributed by atoms with Gasteiger partial charge in [0.1, 0.15) is 12.3 Å². The van der Waals surface area contributed by atoms with Crippen molar-refractivity contribution in [3.8, 4) is 0 Å². The fourth-order valence-corrected chi connectivity index (χ4v) is 5.14. The highest BCUT2D eigenvalue weighted by Gasteiger charge is 2.36. The molecule has 11 heteroatoms. The fraction of sp³-hybridized carbons (Fsp3) is 0.360. The number of nitrogens with one attached hydrogen (secondary N) is 2. The molecule has 1 aliphatic heterocycles. The van der Waals surface area contributed by atoms with Crippen molar-refractivity contribution >= 4 is 27.8 Å². The molecule has 2 aromatic rings. The molecule has 1 unspecified atom stereocenters. The topological polar surface area (TPSA) is 112 Å². The van der Waals surface area contributed by atoms with Crippen molar-refractivity contribution in [2.24, 2.45) is 0 Å². The van der Waals surface area contributed by atoms with Crippen molar-refractivity contribution in [2.75, 3.05) is 51.3 Å². The Labute approximate surface area is 211 Å². The number of alkyl halides is 1. The summed E-state index contributed by atoms with van der Waals surface area (Å²) in [5, 5.41) is 10.7. The number of piperazine rings is 1. The fourth-order valence-electron chi connectivity index (χ4n) is 3.70. The number of halogens is 1. The number of rotatable bonds is 12. The molecule has 0 radical (unpaired) electrons. The maximum Gasteiger partial charge on any atom is 0.293 e.